The van der Waals surface area contributed by atoms with Crippen molar-refractivity contribution in [1.29, 1.82) is 0 Å². The molecule has 28 heavy (non-hydrogen) atoms. The molecule has 0 radical (unpaired) electrons. The SMILES string of the molecule is O=C(O)CCCCCN1CCc2cc3c(cc2C1c1ccncc1)OCCO3. The Kier molecular flexibility index (Phi) is 5.76. The van der Waals surface area contributed by atoms with Crippen molar-refractivity contribution in [3.05, 3.63) is 53.3 Å². The van der Waals surface area contributed by atoms with Gasteiger partial charge in [0.25, 0.3) is 0 Å². The van der Waals surface area contributed by atoms with Gasteiger partial charge in [0.05, 0.1) is 6.04 Å². The lowest BCUT2D eigenvalue weighted by molar-refractivity contribution is -0.137. The van der Waals surface area contributed by atoms with Crippen LogP contribution in [-0.4, -0.2) is 47.3 Å². The molecule has 4 rings (SSSR count). The second kappa shape index (κ2) is 8.61. The van der Waals surface area contributed by atoms with Crippen LogP contribution in [0.1, 0.15) is 48.4 Å². The highest BCUT2D eigenvalue weighted by atomic mass is 16.6. The van der Waals surface area contributed by atoms with Crippen molar-refractivity contribution in [2.24, 2.45) is 0 Å². The first-order valence-electron chi connectivity index (χ1n) is 10.0. The molecular weight excluding hydrogens is 356 g/mol. The third kappa shape index (κ3) is 4.12. The molecule has 0 saturated carbocycles. The average Bonchev–Trinajstić information content (AvgIpc) is 2.72. The van der Waals surface area contributed by atoms with Crippen LogP contribution in [0.25, 0.3) is 0 Å². The van der Waals surface area contributed by atoms with Gasteiger partial charge in [-0.3, -0.25) is 14.7 Å². The molecule has 6 heteroatoms. The number of hydrogen-bond acceptors (Lipinski definition) is 5. The second-order valence-corrected chi connectivity index (χ2v) is 7.37. The summed E-state index contributed by atoms with van der Waals surface area (Å²) < 4.78 is 11.6. The number of hydrogen-bond donors (Lipinski definition) is 1. The molecule has 2 aromatic rings. The van der Waals surface area contributed by atoms with E-state index in [-0.39, 0.29) is 12.5 Å². The monoisotopic (exact) mass is 382 g/mol. The van der Waals surface area contributed by atoms with Gasteiger partial charge in [0, 0.05) is 25.4 Å². The number of nitrogens with zero attached hydrogens (tertiary/aromatic N) is 2. The maximum Gasteiger partial charge on any atom is 0.303 e. The van der Waals surface area contributed by atoms with E-state index in [1.807, 2.05) is 12.4 Å². The quantitative estimate of drug-likeness (QED) is 0.740. The van der Waals surface area contributed by atoms with Crippen molar-refractivity contribution in [3.8, 4) is 11.5 Å². The zero-order valence-electron chi connectivity index (χ0n) is 16.0. The largest absolute Gasteiger partial charge is 0.486 e. The molecule has 0 bridgehead atoms. The molecule has 0 saturated heterocycles. The highest BCUT2D eigenvalue weighted by molar-refractivity contribution is 5.66. The van der Waals surface area contributed by atoms with E-state index in [4.69, 9.17) is 14.6 Å². The van der Waals surface area contributed by atoms with E-state index in [1.54, 1.807) is 0 Å². The highest BCUT2D eigenvalue weighted by Crippen LogP contribution is 2.41. The molecule has 2 aliphatic rings. The maximum absolute atomic E-state index is 10.7. The predicted molar refractivity (Wildman–Crippen MR) is 105 cm³/mol. The Bertz CT molecular complexity index is 825. The number of aliphatic carboxylic acids is 1. The molecule has 6 nitrogen and oxygen atoms in total. The molecule has 148 valence electrons. The van der Waals surface area contributed by atoms with Gasteiger partial charge in [0.15, 0.2) is 11.5 Å². The van der Waals surface area contributed by atoms with Crippen molar-refractivity contribution in [3.63, 3.8) is 0 Å². The molecule has 2 aliphatic heterocycles. The fraction of sp³-hybridized carbons (Fsp3) is 0.455. The minimum absolute atomic E-state index is 0.155. The van der Waals surface area contributed by atoms with Crippen LogP contribution >= 0.6 is 0 Å². The number of carboxylic acids is 1. The fourth-order valence-corrected chi connectivity index (χ4v) is 4.15. The fourth-order valence-electron chi connectivity index (χ4n) is 4.15. The molecule has 1 atom stereocenters. The molecule has 0 fully saturated rings. The van der Waals surface area contributed by atoms with Gasteiger partial charge in [0.2, 0.25) is 0 Å². The lowest BCUT2D eigenvalue weighted by atomic mass is 9.87. The zero-order chi connectivity index (χ0) is 19.3. The third-order valence-electron chi connectivity index (χ3n) is 5.49. The van der Waals surface area contributed by atoms with E-state index in [0.29, 0.717) is 13.2 Å². The van der Waals surface area contributed by atoms with Gasteiger partial charge in [0.1, 0.15) is 13.2 Å². The molecule has 0 spiro atoms. The Morgan fingerprint density at radius 2 is 1.86 bits per heavy atom. The summed E-state index contributed by atoms with van der Waals surface area (Å²) in [4.78, 5) is 17.4. The van der Waals surface area contributed by atoms with E-state index in [2.05, 4.69) is 34.1 Å². The maximum atomic E-state index is 10.7. The van der Waals surface area contributed by atoms with Crippen molar-refractivity contribution in [2.45, 2.75) is 38.1 Å². The number of carboxylic acid groups (broad SMARTS) is 1. The number of pyridine rings is 1. The number of rotatable bonds is 7. The lowest BCUT2D eigenvalue weighted by Gasteiger charge is -2.38. The third-order valence-corrected chi connectivity index (χ3v) is 5.49. The predicted octanol–water partition coefficient (Wildman–Crippen LogP) is 3.45. The average molecular weight is 382 g/mol. The number of unbranched alkanes of at least 4 members (excludes halogenated alkanes) is 2. The van der Waals surface area contributed by atoms with Crippen molar-refractivity contribution in [2.75, 3.05) is 26.3 Å². The molecule has 1 unspecified atom stereocenters. The van der Waals surface area contributed by atoms with Gasteiger partial charge in [-0.15, -0.1) is 0 Å². The molecule has 0 aliphatic carbocycles. The zero-order valence-corrected chi connectivity index (χ0v) is 16.0. The molecule has 1 aromatic heterocycles. The molecule has 0 amide bonds. The minimum Gasteiger partial charge on any atom is -0.486 e. The normalized spacial score (nSPS) is 18.5. The summed E-state index contributed by atoms with van der Waals surface area (Å²) in [6, 6.07) is 8.59. The van der Waals surface area contributed by atoms with Gasteiger partial charge in [-0.05, 0) is 66.8 Å². The van der Waals surface area contributed by atoms with Crippen molar-refractivity contribution < 1.29 is 19.4 Å². The van der Waals surface area contributed by atoms with Gasteiger partial charge in [-0.2, -0.15) is 0 Å². The summed E-state index contributed by atoms with van der Waals surface area (Å²) in [5.41, 5.74) is 3.80. The Labute approximate surface area is 165 Å². The first-order valence-corrected chi connectivity index (χ1v) is 10.0. The number of benzene rings is 1. The van der Waals surface area contributed by atoms with Gasteiger partial charge in [-0.1, -0.05) is 6.42 Å². The van der Waals surface area contributed by atoms with Crippen molar-refractivity contribution in [1.82, 2.24) is 9.88 Å². The Morgan fingerprint density at radius 3 is 2.61 bits per heavy atom. The molecule has 3 heterocycles. The van der Waals surface area contributed by atoms with Crippen LogP contribution in [0.5, 0.6) is 11.5 Å². The first-order chi connectivity index (χ1) is 13.7. The summed E-state index contributed by atoms with van der Waals surface area (Å²) in [7, 11) is 0. The van der Waals surface area contributed by atoms with E-state index in [1.165, 1.54) is 16.7 Å². The molecular formula is C22H26N2O4. The number of fused-ring (bicyclic) bond motifs is 2. The van der Waals surface area contributed by atoms with Gasteiger partial charge >= 0.3 is 5.97 Å². The van der Waals surface area contributed by atoms with Crippen LogP contribution in [0.3, 0.4) is 0 Å². The van der Waals surface area contributed by atoms with E-state index in [0.717, 1.165) is 50.3 Å². The van der Waals surface area contributed by atoms with Crippen LogP contribution < -0.4 is 9.47 Å². The second-order valence-electron chi connectivity index (χ2n) is 7.37. The summed E-state index contributed by atoms with van der Waals surface area (Å²) in [5, 5.41) is 8.82. The number of carbonyl (C=O) groups is 1. The van der Waals surface area contributed by atoms with Crippen LogP contribution in [-0.2, 0) is 11.2 Å². The Morgan fingerprint density at radius 1 is 1.11 bits per heavy atom. The number of aromatic nitrogens is 1. The van der Waals surface area contributed by atoms with E-state index >= 15 is 0 Å². The van der Waals surface area contributed by atoms with Crippen molar-refractivity contribution >= 4 is 5.97 Å². The standard InChI is InChI=1S/C22H26N2O4/c25-21(26)4-2-1-3-10-24-11-7-17-14-19-20(28-13-12-27-19)15-18(17)22(24)16-5-8-23-9-6-16/h5-6,8-9,14-15,22H,1-4,7,10-13H2,(H,25,26). The summed E-state index contributed by atoms with van der Waals surface area (Å²) in [6.45, 7) is 3.10. The van der Waals surface area contributed by atoms with Gasteiger partial charge < -0.3 is 14.6 Å². The van der Waals surface area contributed by atoms with Crippen LogP contribution in [0.15, 0.2) is 36.7 Å². The Balaban J connectivity index is 1.57. The summed E-state index contributed by atoms with van der Waals surface area (Å²) in [5.74, 6) is 0.960. The van der Waals surface area contributed by atoms with Crippen LogP contribution in [0.4, 0.5) is 0 Å². The number of ether oxygens (including phenoxy) is 2. The highest BCUT2D eigenvalue weighted by Gasteiger charge is 2.30. The van der Waals surface area contributed by atoms with Gasteiger partial charge in [-0.25, -0.2) is 0 Å². The minimum atomic E-state index is -0.714. The Hall–Kier alpha value is -2.60. The van der Waals surface area contributed by atoms with E-state index in [9.17, 15) is 4.79 Å². The summed E-state index contributed by atoms with van der Waals surface area (Å²) in [6.07, 6.45) is 7.56. The smallest absolute Gasteiger partial charge is 0.303 e. The molecule has 1 N–H and O–H groups in total. The molecule has 1 aromatic carbocycles. The first kappa shape index (κ1) is 18.7. The lowest BCUT2D eigenvalue weighted by Crippen LogP contribution is -2.37. The van der Waals surface area contributed by atoms with E-state index < -0.39 is 5.97 Å². The summed E-state index contributed by atoms with van der Waals surface area (Å²) >= 11 is 0. The topological polar surface area (TPSA) is 71.9 Å². The van der Waals surface area contributed by atoms with Crippen LogP contribution in [0, 0.1) is 0 Å². The van der Waals surface area contributed by atoms with Crippen LogP contribution in [0.2, 0.25) is 0 Å².